The second-order valence-corrected chi connectivity index (χ2v) is 9.11. The molecule has 3 aromatic rings. The highest BCUT2D eigenvalue weighted by atomic mass is 19.4. The molecule has 0 aromatic heterocycles. The summed E-state index contributed by atoms with van der Waals surface area (Å²) in [7, 11) is 0. The number of alkyl halides is 3. The van der Waals surface area contributed by atoms with Crippen LogP contribution in [-0.2, 0) is 23.9 Å². The van der Waals surface area contributed by atoms with Crippen LogP contribution in [0.2, 0.25) is 0 Å². The minimum Gasteiger partial charge on any atom is -0.490 e. The van der Waals surface area contributed by atoms with Crippen molar-refractivity contribution in [1.29, 1.82) is 0 Å². The van der Waals surface area contributed by atoms with Gasteiger partial charge in [-0.2, -0.15) is 13.2 Å². The molecule has 1 heterocycles. The average Bonchev–Trinajstić information content (AvgIpc) is 3.42. The van der Waals surface area contributed by atoms with Crippen molar-refractivity contribution >= 4 is 17.6 Å². The summed E-state index contributed by atoms with van der Waals surface area (Å²) in [5.74, 6) is 0.146. The first-order valence-electron chi connectivity index (χ1n) is 11.9. The van der Waals surface area contributed by atoms with Crippen LogP contribution in [0.25, 0.3) is 0 Å². The van der Waals surface area contributed by atoms with Crippen molar-refractivity contribution in [2.24, 2.45) is 0 Å². The number of carboxylic acid groups (broad SMARTS) is 1. The summed E-state index contributed by atoms with van der Waals surface area (Å²) in [4.78, 5) is 25.4. The van der Waals surface area contributed by atoms with Crippen LogP contribution in [0.3, 0.4) is 0 Å². The maximum absolute atomic E-state index is 12.9. The second kappa shape index (κ2) is 9.80. The van der Waals surface area contributed by atoms with Gasteiger partial charge < -0.3 is 19.5 Å². The SMILES string of the molecule is O=C(O)CC1CCc2cc(OCCOc3cccc4c3CN(c3ccc(C(F)(F)F)cc3)C4=O)ccc21. The molecule has 0 fully saturated rings. The molecule has 0 saturated carbocycles. The fourth-order valence-electron chi connectivity index (χ4n) is 4.98. The Morgan fingerprint density at radius 1 is 1.03 bits per heavy atom. The van der Waals surface area contributed by atoms with E-state index in [4.69, 9.17) is 14.6 Å². The van der Waals surface area contributed by atoms with Gasteiger partial charge in [-0.1, -0.05) is 12.1 Å². The number of carbonyl (C=O) groups excluding carboxylic acids is 1. The van der Waals surface area contributed by atoms with E-state index in [2.05, 4.69) is 0 Å². The third-order valence-corrected chi connectivity index (χ3v) is 6.78. The van der Waals surface area contributed by atoms with E-state index in [-0.39, 0.29) is 38.0 Å². The number of halogens is 3. The Balaban J connectivity index is 1.19. The highest BCUT2D eigenvalue weighted by Gasteiger charge is 2.33. The number of hydrogen-bond acceptors (Lipinski definition) is 4. The predicted molar refractivity (Wildman–Crippen MR) is 129 cm³/mol. The first-order valence-corrected chi connectivity index (χ1v) is 11.9. The standard InChI is InChI=1S/C28H24F3NO5/c29-28(30,31)19-6-8-20(9-7-19)32-16-24-23(27(32)35)2-1-3-25(24)37-13-12-36-21-10-11-22-17(14-21)4-5-18(22)15-26(33)34/h1-3,6-11,14,18H,4-5,12-13,15-16H2,(H,33,34). The van der Waals surface area contributed by atoms with Gasteiger partial charge in [-0.25, -0.2) is 0 Å². The van der Waals surface area contributed by atoms with Gasteiger partial charge in [0, 0.05) is 16.8 Å². The van der Waals surface area contributed by atoms with Crippen molar-refractivity contribution in [3.05, 3.63) is 88.5 Å². The van der Waals surface area contributed by atoms with Gasteiger partial charge >= 0.3 is 12.1 Å². The number of benzene rings is 3. The lowest BCUT2D eigenvalue weighted by molar-refractivity contribution is -0.138. The lowest BCUT2D eigenvalue weighted by Gasteiger charge is -2.17. The molecule has 1 atom stereocenters. The monoisotopic (exact) mass is 511 g/mol. The van der Waals surface area contributed by atoms with E-state index in [1.807, 2.05) is 18.2 Å². The molecule has 1 unspecified atom stereocenters. The Morgan fingerprint density at radius 3 is 2.51 bits per heavy atom. The molecule has 9 heteroatoms. The normalized spacial score (nSPS) is 16.5. The predicted octanol–water partition coefficient (Wildman–Crippen LogP) is 5.83. The number of aliphatic carboxylic acids is 1. The number of carboxylic acids is 1. The van der Waals surface area contributed by atoms with Crippen molar-refractivity contribution in [1.82, 2.24) is 0 Å². The van der Waals surface area contributed by atoms with Gasteiger partial charge in [0.15, 0.2) is 0 Å². The van der Waals surface area contributed by atoms with Crippen LogP contribution in [0.5, 0.6) is 11.5 Å². The van der Waals surface area contributed by atoms with E-state index < -0.39 is 17.7 Å². The fraction of sp³-hybridized carbons (Fsp3) is 0.286. The largest absolute Gasteiger partial charge is 0.490 e. The van der Waals surface area contributed by atoms with E-state index in [1.165, 1.54) is 17.0 Å². The van der Waals surface area contributed by atoms with Crippen molar-refractivity contribution in [3.63, 3.8) is 0 Å². The summed E-state index contributed by atoms with van der Waals surface area (Å²) in [5, 5.41) is 9.08. The van der Waals surface area contributed by atoms with Crippen molar-refractivity contribution < 1.29 is 37.3 Å². The zero-order valence-corrected chi connectivity index (χ0v) is 19.8. The van der Waals surface area contributed by atoms with E-state index >= 15 is 0 Å². The Morgan fingerprint density at radius 2 is 1.78 bits per heavy atom. The minimum atomic E-state index is -4.44. The number of nitrogens with zero attached hydrogens (tertiary/aromatic N) is 1. The van der Waals surface area contributed by atoms with E-state index in [0.29, 0.717) is 28.3 Å². The summed E-state index contributed by atoms with van der Waals surface area (Å²) < 4.78 is 50.4. The molecule has 3 aromatic carbocycles. The number of rotatable bonds is 8. The van der Waals surface area contributed by atoms with Crippen LogP contribution >= 0.6 is 0 Å². The molecule has 192 valence electrons. The first kappa shape index (κ1) is 24.7. The van der Waals surface area contributed by atoms with Gasteiger partial charge in [0.25, 0.3) is 5.91 Å². The van der Waals surface area contributed by atoms with E-state index in [9.17, 15) is 22.8 Å². The van der Waals surface area contributed by atoms with Gasteiger partial charge in [0.2, 0.25) is 0 Å². The minimum absolute atomic E-state index is 0.0370. The Bertz CT molecular complexity index is 1340. The molecule has 1 amide bonds. The summed E-state index contributed by atoms with van der Waals surface area (Å²) in [5.41, 5.74) is 2.90. The van der Waals surface area contributed by atoms with Crippen molar-refractivity contribution in [3.8, 4) is 11.5 Å². The highest BCUT2D eigenvalue weighted by molar-refractivity contribution is 6.10. The third-order valence-electron chi connectivity index (χ3n) is 6.78. The van der Waals surface area contributed by atoms with Crippen LogP contribution < -0.4 is 14.4 Å². The van der Waals surface area contributed by atoms with Crippen LogP contribution in [-0.4, -0.2) is 30.2 Å². The number of fused-ring (bicyclic) bond motifs is 2. The average molecular weight is 511 g/mol. The van der Waals surface area contributed by atoms with Gasteiger partial charge in [-0.05, 0) is 78.4 Å². The maximum atomic E-state index is 12.9. The Labute approximate surface area is 211 Å². The first-order chi connectivity index (χ1) is 17.7. The molecular formula is C28H24F3NO5. The quantitative estimate of drug-likeness (QED) is 0.385. The number of carbonyl (C=O) groups is 2. The molecule has 0 radical (unpaired) electrons. The van der Waals surface area contributed by atoms with E-state index in [0.717, 1.165) is 36.1 Å². The third kappa shape index (κ3) is 5.12. The molecular weight excluding hydrogens is 487 g/mol. The van der Waals surface area contributed by atoms with Gasteiger partial charge in [0.1, 0.15) is 24.7 Å². The molecule has 37 heavy (non-hydrogen) atoms. The molecule has 0 saturated heterocycles. The van der Waals surface area contributed by atoms with Gasteiger partial charge in [-0.15, -0.1) is 0 Å². The van der Waals surface area contributed by atoms with Crippen LogP contribution in [0.1, 0.15) is 51.4 Å². The number of amides is 1. The summed E-state index contributed by atoms with van der Waals surface area (Å²) >= 11 is 0. The Kier molecular flexibility index (Phi) is 6.54. The van der Waals surface area contributed by atoms with Crippen LogP contribution in [0, 0.1) is 0 Å². The van der Waals surface area contributed by atoms with Crippen LogP contribution in [0.4, 0.5) is 18.9 Å². The molecule has 1 N–H and O–H groups in total. The van der Waals surface area contributed by atoms with Crippen LogP contribution in [0.15, 0.2) is 60.7 Å². The number of hydrogen-bond donors (Lipinski definition) is 1. The summed E-state index contributed by atoms with van der Waals surface area (Å²) in [6, 6.07) is 15.3. The summed E-state index contributed by atoms with van der Waals surface area (Å²) in [6.45, 7) is 0.681. The number of ether oxygens (including phenoxy) is 2. The van der Waals surface area contributed by atoms with Gasteiger partial charge in [0.05, 0.1) is 18.5 Å². The molecule has 5 rings (SSSR count). The molecule has 6 nitrogen and oxygen atoms in total. The molecule has 2 aliphatic rings. The topological polar surface area (TPSA) is 76.1 Å². The molecule has 1 aliphatic heterocycles. The fourth-order valence-corrected chi connectivity index (χ4v) is 4.98. The lowest BCUT2D eigenvalue weighted by atomic mass is 9.98. The van der Waals surface area contributed by atoms with E-state index in [1.54, 1.807) is 18.2 Å². The second-order valence-electron chi connectivity index (χ2n) is 9.11. The van der Waals surface area contributed by atoms with Gasteiger partial charge in [-0.3, -0.25) is 9.59 Å². The number of aryl methyl sites for hydroxylation is 1. The maximum Gasteiger partial charge on any atom is 0.416 e. The molecule has 0 spiro atoms. The lowest BCUT2D eigenvalue weighted by Crippen LogP contribution is -2.23. The summed E-state index contributed by atoms with van der Waals surface area (Å²) in [6.07, 6.45) is -2.68. The van der Waals surface area contributed by atoms with Crippen molar-refractivity contribution in [2.45, 2.75) is 37.9 Å². The smallest absolute Gasteiger partial charge is 0.416 e. The Hall–Kier alpha value is -4.01. The zero-order valence-electron chi connectivity index (χ0n) is 19.8. The number of anilines is 1. The highest BCUT2D eigenvalue weighted by Crippen LogP contribution is 2.38. The van der Waals surface area contributed by atoms with Crippen molar-refractivity contribution in [2.75, 3.05) is 18.1 Å². The zero-order chi connectivity index (χ0) is 26.2. The molecule has 1 aliphatic carbocycles. The molecule has 0 bridgehead atoms.